The molecule has 0 aromatic heterocycles. The first-order valence-corrected chi connectivity index (χ1v) is 13.2. The van der Waals surface area contributed by atoms with Crippen molar-refractivity contribution in [2.75, 3.05) is 19.0 Å². The van der Waals surface area contributed by atoms with Crippen LogP contribution in [0.2, 0.25) is 0 Å². The van der Waals surface area contributed by atoms with E-state index in [4.69, 9.17) is 4.99 Å². The van der Waals surface area contributed by atoms with Gasteiger partial charge in [-0.1, -0.05) is 77.3 Å². The fraction of sp³-hybridized carbons (Fsp3) is 0.586. The Labute approximate surface area is 205 Å². The molecule has 1 unspecified atom stereocenters. The van der Waals surface area contributed by atoms with Gasteiger partial charge < -0.3 is 10.2 Å². The van der Waals surface area contributed by atoms with E-state index in [1.54, 1.807) is 0 Å². The molecule has 5 heteroatoms. The number of hydrogen-bond donors (Lipinski definition) is 2. The normalized spacial score (nSPS) is 21.7. The summed E-state index contributed by atoms with van der Waals surface area (Å²) in [5, 5.41) is 7.09. The largest absolute Gasteiger partial charge is 0.372 e. The summed E-state index contributed by atoms with van der Waals surface area (Å²) in [5.74, 6) is 1.33. The summed E-state index contributed by atoms with van der Waals surface area (Å²) < 4.78 is 0. The highest BCUT2D eigenvalue weighted by molar-refractivity contribution is 6.07. The molecule has 1 aromatic carbocycles. The topological polar surface area (TPSA) is 56.7 Å². The zero-order chi connectivity index (χ0) is 24.2. The van der Waals surface area contributed by atoms with E-state index in [0.717, 1.165) is 24.3 Å². The van der Waals surface area contributed by atoms with Gasteiger partial charge in [0.15, 0.2) is 6.17 Å². The first-order chi connectivity index (χ1) is 16.4. The predicted octanol–water partition coefficient (Wildman–Crippen LogP) is 6.32. The number of likely N-dealkylation sites (N-methyl/N-ethyl adjacent to an activating group) is 1. The monoisotopic (exact) mass is 462 g/mol. The van der Waals surface area contributed by atoms with Crippen LogP contribution in [-0.4, -0.2) is 36.4 Å². The molecule has 1 saturated carbocycles. The molecule has 3 aliphatic rings. The maximum atomic E-state index is 13.5. The van der Waals surface area contributed by atoms with E-state index in [1.165, 1.54) is 54.5 Å². The molecular formula is C29H42N4O. The Balaban J connectivity index is 1.59. The van der Waals surface area contributed by atoms with Crippen molar-refractivity contribution in [3.8, 4) is 0 Å². The molecule has 2 aliphatic carbocycles. The molecule has 1 aromatic rings. The van der Waals surface area contributed by atoms with Crippen molar-refractivity contribution in [1.29, 1.82) is 0 Å². The minimum atomic E-state index is -0.567. The summed E-state index contributed by atoms with van der Waals surface area (Å²) in [7, 11) is 1.92. The smallest absolute Gasteiger partial charge is 0.266 e. The molecule has 2 N–H and O–H groups in total. The lowest BCUT2D eigenvalue weighted by Gasteiger charge is -2.27. The molecule has 0 spiro atoms. The van der Waals surface area contributed by atoms with E-state index >= 15 is 0 Å². The predicted molar refractivity (Wildman–Crippen MR) is 142 cm³/mol. The minimum absolute atomic E-state index is 0.0386. The van der Waals surface area contributed by atoms with Crippen LogP contribution in [0.5, 0.6) is 0 Å². The Hall–Kier alpha value is -2.40. The lowest BCUT2D eigenvalue weighted by molar-refractivity contribution is -0.130. The fourth-order valence-electron chi connectivity index (χ4n) is 5.64. The van der Waals surface area contributed by atoms with Crippen molar-refractivity contribution >= 4 is 17.3 Å². The second-order valence-corrected chi connectivity index (χ2v) is 10.6. The third-order valence-electron chi connectivity index (χ3n) is 7.58. The zero-order valence-electron chi connectivity index (χ0n) is 21.7. The number of nitrogens with one attached hydrogen (secondary N) is 2. The Bertz CT molecular complexity index is 956. The summed E-state index contributed by atoms with van der Waals surface area (Å²) in [4.78, 5) is 20.5. The van der Waals surface area contributed by atoms with Crippen LogP contribution in [0.1, 0.15) is 95.6 Å². The number of para-hydroxylation sites is 1. The molecule has 0 radical (unpaired) electrons. The maximum absolute atomic E-state index is 13.5. The molecule has 1 fully saturated rings. The maximum Gasteiger partial charge on any atom is 0.266 e. The van der Waals surface area contributed by atoms with Crippen molar-refractivity contribution < 1.29 is 4.79 Å². The second-order valence-electron chi connectivity index (χ2n) is 10.6. The third-order valence-corrected chi connectivity index (χ3v) is 7.58. The summed E-state index contributed by atoms with van der Waals surface area (Å²) in [6, 6.07) is 6.55. The number of carbonyl (C=O) groups is 1. The van der Waals surface area contributed by atoms with Gasteiger partial charge in [0.05, 0.1) is 6.67 Å². The van der Waals surface area contributed by atoms with Crippen LogP contribution in [0.4, 0.5) is 5.69 Å². The Kier molecular flexibility index (Phi) is 7.92. The Morgan fingerprint density at radius 2 is 1.74 bits per heavy atom. The molecule has 184 valence electrons. The van der Waals surface area contributed by atoms with Crippen LogP contribution in [0.15, 0.2) is 46.6 Å². The van der Waals surface area contributed by atoms with Gasteiger partial charge >= 0.3 is 0 Å². The number of nitrogens with zero attached hydrogens (tertiary/aromatic N) is 2. The number of aliphatic imine (C=N–C) groups is 1. The zero-order valence-corrected chi connectivity index (χ0v) is 21.7. The molecule has 5 nitrogen and oxygen atoms in total. The first kappa shape index (κ1) is 24.7. The van der Waals surface area contributed by atoms with Crippen molar-refractivity contribution in [3.05, 3.63) is 52.7 Å². The number of allylic oxidation sites excluding steroid dienone is 4. The van der Waals surface area contributed by atoms with E-state index in [2.05, 4.69) is 68.7 Å². The highest BCUT2D eigenvalue weighted by Gasteiger charge is 2.34. The lowest BCUT2D eigenvalue weighted by atomic mass is 9.81. The van der Waals surface area contributed by atoms with Crippen LogP contribution in [0.3, 0.4) is 0 Å². The van der Waals surface area contributed by atoms with Crippen LogP contribution < -0.4 is 10.6 Å². The number of anilines is 1. The van der Waals surface area contributed by atoms with Gasteiger partial charge in [0.2, 0.25) is 0 Å². The number of hydrogen-bond acceptors (Lipinski definition) is 4. The third kappa shape index (κ3) is 5.14. The Morgan fingerprint density at radius 1 is 1.06 bits per heavy atom. The summed E-state index contributed by atoms with van der Waals surface area (Å²) in [5.41, 5.74) is 7.29. The van der Waals surface area contributed by atoms with E-state index in [0.29, 0.717) is 24.4 Å². The van der Waals surface area contributed by atoms with Gasteiger partial charge in [0.25, 0.3) is 5.91 Å². The van der Waals surface area contributed by atoms with Gasteiger partial charge in [-0.3, -0.25) is 15.1 Å². The number of carbonyl (C=O) groups excluding carboxylic acids is 1. The average Bonchev–Trinajstić information content (AvgIpc) is 2.95. The first-order valence-electron chi connectivity index (χ1n) is 13.2. The van der Waals surface area contributed by atoms with Gasteiger partial charge in [-0.15, -0.1) is 0 Å². The fourth-order valence-corrected chi connectivity index (χ4v) is 5.64. The number of rotatable bonds is 7. The highest BCUT2D eigenvalue weighted by Crippen LogP contribution is 2.35. The van der Waals surface area contributed by atoms with E-state index in [9.17, 15) is 4.79 Å². The molecule has 1 heterocycles. The van der Waals surface area contributed by atoms with Crippen molar-refractivity contribution in [2.45, 2.75) is 90.6 Å². The molecule has 0 bridgehead atoms. The lowest BCUT2D eigenvalue weighted by Crippen LogP contribution is -2.44. The molecule has 1 aliphatic heterocycles. The van der Waals surface area contributed by atoms with Crippen LogP contribution in [-0.2, 0) is 4.79 Å². The summed E-state index contributed by atoms with van der Waals surface area (Å²) in [6.07, 6.45) is 11.9. The van der Waals surface area contributed by atoms with Crippen LogP contribution in [0.25, 0.3) is 0 Å². The van der Waals surface area contributed by atoms with Crippen molar-refractivity contribution in [3.63, 3.8) is 0 Å². The van der Waals surface area contributed by atoms with E-state index in [1.807, 2.05) is 11.9 Å². The molecule has 0 saturated heterocycles. The minimum Gasteiger partial charge on any atom is -0.372 e. The average molecular weight is 463 g/mol. The number of amides is 1. The van der Waals surface area contributed by atoms with Gasteiger partial charge in [0, 0.05) is 35.6 Å². The van der Waals surface area contributed by atoms with Gasteiger partial charge in [-0.05, 0) is 48.6 Å². The van der Waals surface area contributed by atoms with Crippen LogP contribution >= 0.6 is 0 Å². The van der Waals surface area contributed by atoms with E-state index < -0.39 is 6.17 Å². The highest BCUT2D eigenvalue weighted by atomic mass is 16.2. The molecule has 4 rings (SSSR count). The molecule has 34 heavy (non-hydrogen) atoms. The standard InChI is InChI=1S/C29H42N4O/c1-19(2)22-15-11-16-23(20(3)4)27(22)30-18-31-28-29(34)33(5)25-17-10-9-14-24(25)26(32-28)21-12-7-6-8-13-21/h9,11,14-16,19-21,28,30-31H,6-8,10,12-13,17-18H2,1-5H3. The SMILES string of the molecule is CC(C)c1cccc(C(C)C)c1NCNC1N=C(C2CCCCC2)C2=C(CCC=C2)N(C)C1=O. The van der Waals surface area contributed by atoms with E-state index in [-0.39, 0.29) is 5.91 Å². The quantitative estimate of drug-likeness (QED) is 0.467. The molecular weight excluding hydrogens is 420 g/mol. The molecule has 1 atom stereocenters. The molecule has 1 amide bonds. The van der Waals surface area contributed by atoms with Gasteiger partial charge in [0.1, 0.15) is 0 Å². The van der Waals surface area contributed by atoms with Crippen molar-refractivity contribution in [2.24, 2.45) is 10.9 Å². The van der Waals surface area contributed by atoms with Gasteiger partial charge in [-0.2, -0.15) is 0 Å². The Morgan fingerprint density at radius 3 is 2.38 bits per heavy atom. The van der Waals surface area contributed by atoms with Crippen molar-refractivity contribution in [1.82, 2.24) is 10.2 Å². The summed E-state index contributed by atoms with van der Waals surface area (Å²) in [6.45, 7) is 9.41. The second kappa shape index (κ2) is 10.9. The van der Waals surface area contributed by atoms with Crippen LogP contribution in [0, 0.1) is 5.92 Å². The summed E-state index contributed by atoms with van der Waals surface area (Å²) >= 11 is 0. The van der Waals surface area contributed by atoms with Gasteiger partial charge in [-0.25, -0.2) is 0 Å². The number of benzene rings is 1.